The van der Waals surface area contributed by atoms with Gasteiger partial charge in [0, 0.05) is 11.8 Å². The summed E-state index contributed by atoms with van der Waals surface area (Å²) in [6, 6.07) is 19.9. The normalized spacial score (nSPS) is 11.4. The van der Waals surface area contributed by atoms with Crippen molar-refractivity contribution in [3.63, 3.8) is 0 Å². The van der Waals surface area contributed by atoms with E-state index < -0.39 is 5.91 Å². The number of nitrogens with zero attached hydrogens (tertiary/aromatic N) is 1. The van der Waals surface area contributed by atoms with Crippen LogP contribution in [0.15, 0.2) is 87.0 Å². The molecule has 0 atom stereocenters. The molecule has 146 valence electrons. The molecule has 0 fully saturated rings. The predicted molar refractivity (Wildman–Crippen MR) is 117 cm³/mol. The Bertz CT molecular complexity index is 1050. The zero-order chi connectivity index (χ0) is 20.6. The monoisotopic (exact) mass is 451 g/mol. The lowest BCUT2D eigenvalue weighted by Crippen LogP contribution is -2.18. The van der Waals surface area contributed by atoms with Crippen LogP contribution in [0, 0.1) is 0 Å². The van der Waals surface area contributed by atoms with E-state index >= 15 is 0 Å². The molecular formula is C22H18BrN3O3. The molecule has 0 bridgehead atoms. The van der Waals surface area contributed by atoms with Crippen molar-refractivity contribution < 1.29 is 14.0 Å². The fraction of sp³-hybridized carbons (Fsp3) is 0.0455. The average molecular weight is 452 g/mol. The van der Waals surface area contributed by atoms with Crippen molar-refractivity contribution in [2.24, 2.45) is 5.10 Å². The van der Waals surface area contributed by atoms with Gasteiger partial charge in [-0.25, -0.2) is 5.43 Å². The van der Waals surface area contributed by atoms with Crippen LogP contribution < -0.4 is 10.7 Å². The van der Waals surface area contributed by atoms with E-state index in [0.717, 1.165) is 11.1 Å². The standard InChI is InChI=1S/C22H18BrN3O3/c1-15(25-26-22(28)19-12-13-20(23)29-19)17-8-10-18(11-9-17)24-21(27)14-7-16-5-3-2-4-6-16/h2-14H,1H3,(H,24,27)(H,26,28)/b14-7+,25-15-. The third kappa shape index (κ3) is 6.02. The summed E-state index contributed by atoms with van der Waals surface area (Å²) in [5.41, 5.74) is 5.48. The average Bonchev–Trinajstić information content (AvgIpc) is 3.18. The molecule has 29 heavy (non-hydrogen) atoms. The molecule has 2 aromatic carbocycles. The Kier molecular flexibility index (Phi) is 6.76. The van der Waals surface area contributed by atoms with Gasteiger partial charge in [-0.05, 0) is 64.3 Å². The molecule has 6 nitrogen and oxygen atoms in total. The number of hydrogen-bond acceptors (Lipinski definition) is 4. The van der Waals surface area contributed by atoms with Gasteiger partial charge in [0.15, 0.2) is 10.4 Å². The van der Waals surface area contributed by atoms with Crippen molar-refractivity contribution in [3.05, 3.63) is 94.4 Å². The van der Waals surface area contributed by atoms with Gasteiger partial charge in [0.2, 0.25) is 5.91 Å². The molecule has 1 aromatic heterocycles. The largest absolute Gasteiger partial charge is 0.444 e. The number of carbonyl (C=O) groups is 2. The first-order valence-electron chi connectivity index (χ1n) is 8.76. The third-order valence-corrected chi connectivity index (χ3v) is 4.35. The highest BCUT2D eigenvalue weighted by Crippen LogP contribution is 2.14. The maximum atomic E-state index is 12.0. The van der Waals surface area contributed by atoms with E-state index in [1.54, 1.807) is 37.3 Å². The van der Waals surface area contributed by atoms with E-state index in [9.17, 15) is 9.59 Å². The van der Waals surface area contributed by atoms with Crippen molar-refractivity contribution in [3.8, 4) is 0 Å². The van der Waals surface area contributed by atoms with E-state index in [0.29, 0.717) is 16.1 Å². The zero-order valence-corrected chi connectivity index (χ0v) is 17.1. The summed E-state index contributed by atoms with van der Waals surface area (Å²) < 4.78 is 5.65. The fourth-order valence-corrected chi connectivity index (χ4v) is 2.71. The minimum atomic E-state index is -0.441. The van der Waals surface area contributed by atoms with Crippen LogP contribution in [0.3, 0.4) is 0 Å². The van der Waals surface area contributed by atoms with Crippen molar-refractivity contribution in [2.45, 2.75) is 6.92 Å². The van der Waals surface area contributed by atoms with E-state index in [-0.39, 0.29) is 11.7 Å². The van der Waals surface area contributed by atoms with E-state index in [4.69, 9.17) is 4.42 Å². The third-order valence-electron chi connectivity index (χ3n) is 3.92. The summed E-state index contributed by atoms with van der Waals surface area (Å²) in [5.74, 6) is -0.497. The number of benzene rings is 2. The second-order valence-electron chi connectivity index (χ2n) is 6.05. The van der Waals surface area contributed by atoms with Gasteiger partial charge in [-0.15, -0.1) is 0 Å². The number of rotatable bonds is 6. The fourth-order valence-electron chi connectivity index (χ4n) is 2.41. The number of amides is 2. The second kappa shape index (κ2) is 9.66. The van der Waals surface area contributed by atoms with Gasteiger partial charge in [-0.3, -0.25) is 9.59 Å². The highest BCUT2D eigenvalue weighted by Gasteiger charge is 2.09. The molecule has 2 amide bonds. The van der Waals surface area contributed by atoms with Crippen LogP contribution in [0.4, 0.5) is 5.69 Å². The van der Waals surface area contributed by atoms with Crippen LogP contribution in [0.2, 0.25) is 0 Å². The smallest absolute Gasteiger partial charge is 0.307 e. The Morgan fingerprint density at radius 1 is 1.00 bits per heavy atom. The Balaban J connectivity index is 1.56. The number of halogens is 1. The second-order valence-corrected chi connectivity index (χ2v) is 6.83. The molecule has 0 aliphatic heterocycles. The maximum Gasteiger partial charge on any atom is 0.307 e. The molecule has 0 aliphatic carbocycles. The van der Waals surface area contributed by atoms with Gasteiger partial charge in [0.05, 0.1) is 5.71 Å². The molecule has 0 spiro atoms. The molecule has 0 saturated heterocycles. The summed E-state index contributed by atoms with van der Waals surface area (Å²) >= 11 is 3.15. The Morgan fingerprint density at radius 3 is 2.38 bits per heavy atom. The van der Waals surface area contributed by atoms with E-state index in [1.807, 2.05) is 42.5 Å². The molecule has 0 saturated carbocycles. The van der Waals surface area contributed by atoms with Crippen LogP contribution in [0.1, 0.15) is 28.6 Å². The quantitative estimate of drug-likeness (QED) is 0.319. The maximum absolute atomic E-state index is 12.0. The minimum absolute atomic E-state index is 0.162. The first-order chi connectivity index (χ1) is 14.0. The molecule has 0 unspecified atom stereocenters. The predicted octanol–water partition coefficient (Wildman–Crippen LogP) is 4.85. The number of anilines is 1. The Morgan fingerprint density at radius 2 is 1.72 bits per heavy atom. The molecule has 1 heterocycles. The number of nitrogens with one attached hydrogen (secondary N) is 2. The van der Waals surface area contributed by atoms with E-state index in [2.05, 4.69) is 31.8 Å². The molecule has 0 radical (unpaired) electrons. The van der Waals surface area contributed by atoms with Gasteiger partial charge in [-0.2, -0.15) is 5.10 Å². The van der Waals surface area contributed by atoms with E-state index in [1.165, 1.54) is 6.08 Å². The van der Waals surface area contributed by atoms with Crippen LogP contribution in [-0.4, -0.2) is 17.5 Å². The topological polar surface area (TPSA) is 83.7 Å². The van der Waals surface area contributed by atoms with Crippen molar-refractivity contribution in [1.82, 2.24) is 5.43 Å². The van der Waals surface area contributed by atoms with Gasteiger partial charge in [0.1, 0.15) is 0 Å². The van der Waals surface area contributed by atoms with Crippen LogP contribution in [0.25, 0.3) is 6.08 Å². The van der Waals surface area contributed by atoms with Crippen molar-refractivity contribution in [1.29, 1.82) is 0 Å². The zero-order valence-electron chi connectivity index (χ0n) is 15.6. The highest BCUT2D eigenvalue weighted by atomic mass is 79.9. The number of hydrogen-bond donors (Lipinski definition) is 2. The highest BCUT2D eigenvalue weighted by molar-refractivity contribution is 9.10. The minimum Gasteiger partial charge on any atom is -0.444 e. The Hall–Kier alpha value is -3.45. The van der Waals surface area contributed by atoms with Crippen LogP contribution >= 0.6 is 15.9 Å². The summed E-state index contributed by atoms with van der Waals surface area (Å²) in [4.78, 5) is 24.0. The number of carbonyl (C=O) groups excluding carboxylic acids is 2. The summed E-state index contributed by atoms with van der Waals surface area (Å²) in [7, 11) is 0. The molecule has 7 heteroatoms. The molecular weight excluding hydrogens is 434 g/mol. The lowest BCUT2D eigenvalue weighted by Gasteiger charge is -2.05. The first-order valence-corrected chi connectivity index (χ1v) is 9.55. The molecule has 3 aromatic rings. The van der Waals surface area contributed by atoms with Crippen molar-refractivity contribution in [2.75, 3.05) is 5.32 Å². The van der Waals surface area contributed by atoms with Gasteiger partial charge in [-0.1, -0.05) is 42.5 Å². The van der Waals surface area contributed by atoms with Crippen LogP contribution in [-0.2, 0) is 4.79 Å². The van der Waals surface area contributed by atoms with Gasteiger partial charge < -0.3 is 9.73 Å². The van der Waals surface area contributed by atoms with Crippen molar-refractivity contribution >= 4 is 45.2 Å². The molecule has 2 N–H and O–H groups in total. The van der Waals surface area contributed by atoms with Gasteiger partial charge >= 0.3 is 5.91 Å². The number of hydrazone groups is 1. The number of furan rings is 1. The first kappa shape index (κ1) is 20.3. The summed E-state index contributed by atoms with van der Waals surface area (Å²) in [6.45, 7) is 1.77. The lowest BCUT2D eigenvalue weighted by atomic mass is 10.1. The SMILES string of the molecule is C/C(=N/NC(=O)c1ccc(Br)o1)c1ccc(NC(=O)/C=C/c2ccccc2)cc1. The molecule has 0 aliphatic rings. The summed E-state index contributed by atoms with van der Waals surface area (Å²) in [6.07, 6.45) is 3.24. The summed E-state index contributed by atoms with van der Waals surface area (Å²) in [5, 5.41) is 6.88. The van der Waals surface area contributed by atoms with Crippen LogP contribution in [0.5, 0.6) is 0 Å². The molecule has 3 rings (SSSR count). The van der Waals surface area contributed by atoms with Gasteiger partial charge in [0.25, 0.3) is 0 Å². The lowest BCUT2D eigenvalue weighted by molar-refractivity contribution is -0.111. The Labute approximate surface area is 176 Å².